The molecule has 0 radical (unpaired) electrons. The molecule has 0 spiro atoms. The van der Waals surface area contributed by atoms with Crippen molar-refractivity contribution in [2.45, 2.75) is 32.2 Å². The normalized spacial score (nSPS) is 20.3. The van der Waals surface area contributed by atoms with Crippen LogP contribution in [0.1, 0.15) is 35.7 Å². The summed E-state index contributed by atoms with van der Waals surface area (Å²) in [5.41, 5.74) is 2.83. The number of carbonyl (C=O) groups excluding carboxylic acids is 2. The third-order valence-electron chi connectivity index (χ3n) is 4.95. The fourth-order valence-corrected chi connectivity index (χ4v) is 3.51. The predicted octanol–water partition coefficient (Wildman–Crippen LogP) is 1.39. The lowest BCUT2D eigenvalue weighted by Crippen LogP contribution is -2.44. The van der Waals surface area contributed by atoms with Gasteiger partial charge in [0.1, 0.15) is 0 Å². The van der Waals surface area contributed by atoms with Crippen LogP contribution in [-0.4, -0.2) is 45.1 Å². The van der Waals surface area contributed by atoms with Crippen LogP contribution >= 0.6 is 0 Å². The van der Waals surface area contributed by atoms with E-state index in [1.165, 1.54) is 0 Å². The molecule has 2 aromatic heterocycles. The highest BCUT2D eigenvalue weighted by Gasteiger charge is 2.35. The van der Waals surface area contributed by atoms with E-state index < -0.39 is 0 Å². The second-order valence-electron chi connectivity index (χ2n) is 6.98. The molecule has 0 aliphatic carbocycles. The number of hydrogen-bond donors (Lipinski definition) is 1. The van der Waals surface area contributed by atoms with E-state index in [2.05, 4.69) is 15.4 Å². The molecule has 3 rings (SSSR count). The summed E-state index contributed by atoms with van der Waals surface area (Å²) in [6, 6.07) is 3.77. The number of amides is 2. The van der Waals surface area contributed by atoms with Crippen molar-refractivity contribution in [2.75, 3.05) is 13.6 Å². The number of aryl methyl sites for hydroxylation is 2. The van der Waals surface area contributed by atoms with Gasteiger partial charge in [0.25, 0.3) is 0 Å². The second kappa shape index (κ2) is 7.68. The molecule has 0 unspecified atom stereocenters. The highest BCUT2D eigenvalue weighted by Crippen LogP contribution is 2.35. The van der Waals surface area contributed by atoms with Crippen LogP contribution in [0.5, 0.6) is 0 Å². The van der Waals surface area contributed by atoms with Crippen LogP contribution in [0, 0.1) is 12.8 Å². The number of aromatic nitrogens is 3. The van der Waals surface area contributed by atoms with Gasteiger partial charge in [-0.05, 0) is 25.0 Å². The van der Waals surface area contributed by atoms with Gasteiger partial charge in [-0.1, -0.05) is 6.07 Å². The number of nitrogens with one attached hydrogen (secondary N) is 1. The average Bonchev–Trinajstić information content (AvgIpc) is 3.04. The summed E-state index contributed by atoms with van der Waals surface area (Å²) in [6.45, 7) is 2.46. The summed E-state index contributed by atoms with van der Waals surface area (Å²) in [5, 5.41) is 7.25. The zero-order chi connectivity index (χ0) is 18.7. The molecule has 1 N–H and O–H groups in total. The Balaban J connectivity index is 1.63. The third kappa shape index (κ3) is 4.09. The molecule has 7 nitrogen and oxygen atoms in total. The Bertz CT molecular complexity index is 783. The maximum absolute atomic E-state index is 12.3. The topological polar surface area (TPSA) is 80.1 Å². The first kappa shape index (κ1) is 18.1. The van der Waals surface area contributed by atoms with Gasteiger partial charge in [0.2, 0.25) is 11.8 Å². The van der Waals surface area contributed by atoms with E-state index in [0.717, 1.165) is 23.2 Å². The molecule has 1 saturated heterocycles. The molecular formula is C19H25N5O2. The number of carbonyl (C=O) groups is 2. The second-order valence-corrected chi connectivity index (χ2v) is 6.98. The summed E-state index contributed by atoms with van der Waals surface area (Å²) in [6.07, 6.45) is 7.05. The molecule has 1 fully saturated rings. The van der Waals surface area contributed by atoms with Gasteiger partial charge in [0.15, 0.2) is 0 Å². The van der Waals surface area contributed by atoms with Crippen LogP contribution in [0.15, 0.2) is 30.7 Å². The van der Waals surface area contributed by atoms with Crippen molar-refractivity contribution < 1.29 is 9.59 Å². The Morgan fingerprint density at radius 3 is 2.77 bits per heavy atom. The standard InChI is InChI=1S/C19H25N5O2/c1-13-4-5-14(9-20-13)8-17(25)21-10-15-6-7-18(26)24(3)19(15)16-11-22-23(2)12-16/h4-5,9,11-12,15,19H,6-8,10H2,1-3H3,(H,21,25)/t15-,19+/m1/s1. The van der Waals surface area contributed by atoms with Crippen LogP contribution in [0.25, 0.3) is 0 Å². The van der Waals surface area contributed by atoms with Crippen molar-refractivity contribution in [1.82, 2.24) is 25.0 Å². The number of likely N-dealkylation sites (tertiary alicyclic amines) is 1. The Morgan fingerprint density at radius 2 is 2.12 bits per heavy atom. The molecule has 0 aromatic carbocycles. The predicted molar refractivity (Wildman–Crippen MR) is 97.1 cm³/mol. The highest BCUT2D eigenvalue weighted by molar-refractivity contribution is 5.79. The van der Waals surface area contributed by atoms with Gasteiger partial charge in [-0.25, -0.2) is 0 Å². The van der Waals surface area contributed by atoms with E-state index in [9.17, 15) is 9.59 Å². The van der Waals surface area contributed by atoms with Gasteiger partial charge >= 0.3 is 0 Å². The van der Waals surface area contributed by atoms with Crippen LogP contribution < -0.4 is 5.32 Å². The van der Waals surface area contributed by atoms with Gasteiger partial charge in [0, 0.05) is 56.6 Å². The first-order valence-electron chi connectivity index (χ1n) is 8.86. The monoisotopic (exact) mass is 355 g/mol. The molecule has 138 valence electrons. The lowest BCUT2D eigenvalue weighted by Gasteiger charge is -2.38. The minimum absolute atomic E-state index is 0.0276. The molecule has 1 aliphatic rings. The maximum atomic E-state index is 12.3. The van der Waals surface area contributed by atoms with Crippen molar-refractivity contribution in [3.8, 4) is 0 Å². The molecule has 2 amide bonds. The molecule has 7 heteroatoms. The summed E-state index contributed by atoms with van der Waals surface area (Å²) < 4.78 is 1.74. The van der Waals surface area contributed by atoms with Crippen molar-refractivity contribution in [3.05, 3.63) is 47.5 Å². The first-order valence-corrected chi connectivity index (χ1v) is 8.86. The van der Waals surface area contributed by atoms with Crippen LogP contribution in [-0.2, 0) is 23.1 Å². The number of rotatable bonds is 5. The van der Waals surface area contributed by atoms with Crippen molar-refractivity contribution in [1.29, 1.82) is 0 Å². The maximum Gasteiger partial charge on any atom is 0.224 e. The fraction of sp³-hybridized carbons (Fsp3) is 0.474. The first-order chi connectivity index (χ1) is 12.4. The molecule has 26 heavy (non-hydrogen) atoms. The van der Waals surface area contributed by atoms with Gasteiger partial charge in [0.05, 0.1) is 18.7 Å². The molecule has 0 bridgehead atoms. The number of nitrogens with zero attached hydrogens (tertiary/aromatic N) is 4. The van der Waals surface area contributed by atoms with E-state index in [1.807, 2.05) is 39.3 Å². The lowest BCUT2D eigenvalue weighted by molar-refractivity contribution is -0.137. The average molecular weight is 355 g/mol. The van der Waals surface area contributed by atoms with E-state index in [4.69, 9.17) is 0 Å². The van der Waals surface area contributed by atoms with Gasteiger partial charge in [-0.2, -0.15) is 5.10 Å². The molecule has 1 aliphatic heterocycles. The zero-order valence-electron chi connectivity index (χ0n) is 15.5. The number of pyridine rings is 1. The van der Waals surface area contributed by atoms with Crippen LogP contribution in [0.4, 0.5) is 0 Å². The van der Waals surface area contributed by atoms with E-state index in [-0.39, 0.29) is 23.8 Å². The van der Waals surface area contributed by atoms with E-state index in [1.54, 1.807) is 22.0 Å². The summed E-state index contributed by atoms with van der Waals surface area (Å²) in [5.74, 6) is 0.272. The Kier molecular flexibility index (Phi) is 5.35. The molecule has 2 atom stereocenters. The van der Waals surface area contributed by atoms with Crippen molar-refractivity contribution in [2.24, 2.45) is 13.0 Å². The number of piperidine rings is 1. The van der Waals surface area contributed by atoms with Gasteiger partial charge in [-0.3, -0.25) is 19.3 Å². The smallest absolute Gasteiger partial charge is 0.224 e. The Labute approximate surface area is 153 Å². The summed E-state index contributed by atoms with van der Waals surface area (Å²) in [4.78, 5) is 30.4. The molecule has 3 heterocycles. The Morgan fingerprint density at radius 1 is 1.31 bits per heavy atom. The SMILES string of the molecule is Cc1ccc(CC(=O)NC[C@H]2CCC(=O)N(C)[C@@H]2c2cnn(C)c2)cn1. The van der Waals surface area contributed by atoms with Gasteiger partial charge in [-0.15, -0.1) is 0 Å². The quantitative estimate of drug-likeness (QED) is 0.879. The minimum atomic E-state index is -0.0636. The minimum Gasteiger partial charge on any atom is -0.355 e. The largest absolute Gasteiger partial charge is 0.355 e. The summed E-state index contributed by atoms with van der Waals surface area (Å²) in [7, 11) is 3.69. The molecule has 2 aromatic rings. The molecular weight excluding hydrogens is 330 g/mol. The summed E-state index contributed by atoms with van der Waals surface area (Å²) >= 11 is 0. The third-order valence-corrected chi connectivity index (χ3v) is 4.95. The lowest BCUT2D eigenvalue weighted by atomic mass is 9.85. The van der Waals surface area contributed by atoms with E-state index >= 15 is 0 Å². The van der Waals surface area contributed by atoms with Crippen molar-refractivity contribution in [3.63, 3.8) is 0 Å². The Hall–Kier alpha value is -2.70. The highest BCUT2D eigenvalue weighted by atomic mass is 16.2. The fourth-order valence-electron chi connectivity index (χ4n) is 3.51. The number of hydrogen-bond acceptors (Lipinski definition) is 4. The zero-order valence-corrected chi connectivity index (χ0v) is 15.5. The van der Waals surface area contributed by atoms with Crippen molar-refractivity contribution >= 4 is 11.8 Å². The molecule has 0 saturated carbocycles. The van der Waals surface area contributed by atoms with Crippen LogP contribution in [0.3, 0.4) is 0 Å². The van der Waals surface area contributed by atoms with Gasteiger partial charge < -0.3 is 10.2 Å². The van der Waals surface area contributed by atoms with E-state index in [0.29, 0.717) is 19.4 Å². The van der Waals surface area contributed by atoms with Crippen LogP contribution in [0.2, 0.25) is 0 Å².